The zero-order chi connectivity index (χ0) is 13.9. The summed E-state index contributed by atoms with van der Waals surface area (Å²) in [4.78, 5) is 0. The van der Waals surface area contributed by atoms with Gasteiger partial charge >= 0.3 is 0 Å². The minimum atomic E-state index is 0.657. The molecule has 0 unspecified atom stereocenters. The van der Waals surface area contributed by atoms with Crippen molar-refractivity contribution >= 4 is 22.6 Å². The summed E-state index contributed by atoms with van der Waals surface area (Å²) in [5.74, 6) is 0. The highest BCUT2D eigenvalue weighted by atomic mass is 35.5. The molecule has 0 fully saturated rings. The van der Waals surface area contributed by atoms with Gasteiger partial charge < -0.3 is 9.73 Å². The van der Waals surface area contributed by atoms with Gasteiger partial charge in [0.2, 0.25) is 0 Å². The van der Waals surface area contributed by atoms with Crippen LogP contribution >= 0.6 is 11.6 Å². The zero-order valence-corrected chi connectivity index (χ0v) is 12.1. The molecule has 0 atom stereocenters. The molecule has 0 aliphatic rings. The molecular weight excluding hydrogens is 270 g/mol. The van der Waals surface area contributed by atoms with E-state index in [2.05, 4.69) is 30.4 Å². The van der Waals surface area contributed by atoms with E-state index in [-0.39, 0.29) is 0 Å². The lowest BCUT2D eigenvalue weighted by atomic mass is 10.0. The van der Waals surface area contributed by atoms with Crippen molar-refractivity contribution in [2.24, 2.45) is 0 Å². The molecule has 0 bridgehead atoms. The largest absolute Gasteiger partial charge is 0.462 e. The lowest BCUT2D eigenvalue weighted by Gasteiger charge is -2.04. The molecular formula is C17H16ClNO. The summed E-state index contributed by atoms with van der Waals surface area (Å²) in [5.41, 5.74) is 4.18. The Morgan fingerprint density at radius 1 is 1.10 bits per heavy atom. The summed E-state index contributed by atoms with van der Waals surface area (Å²) in [6.07, 6.45) is 1.79. The molecule has 0 saturated heterocycles. The molecule has 1 N–H and O–H groups in total. The fourth-order valence-electron chi connectivity index (χ4n) is 2.34. The molecule has 0 aliphatic carbocycles. The number of hydrogen-bond donors (Lipinski definition) is 1. The van der Waals surface area contributed by atoms with Crippen molar-refractivity contribution in [2.75, 3.05) is 6.54 Å². The van der Waals surface area contributed by atoms with E-state index < -0.39 is 0 Å². The normalized spacial score (nSPS) is 11.1. The summed E-state index contributed by atoms with van der Waals surface area (Å²) >= 11 is 6.35. The van der Waals surface area contributed by atoms with E-state index in [0.29, 0.717) is 5.02 Å². The van der Waals surface area contributed by atoms with Crippen molar-refractivity contribution in [3.05, 3.63) is 59.3 Å². The quantitative estimate of drug-likeness (QED) is 0.740. The van der Waals surface area contributed by atoms with Crippen molar-refractivity contribution in [3.63, 3.8) is 0 Å². The van der Waals surface area contributed by atoms with Crippen LogP contribution < -0.4 is 5.32 Å². The van der Waals surface area contributed by atoms with Gasteiger partial charge in [0.25, 0.3) is 0 Å². The van der Waals surface area contributed by atoms with Crippen molar-refractivity contribution < 1.29 is 4.42 Å². The second-order valence-electron chi connectivity index (χ2n) is 4.74. The Bertz CT molecular complexity index is 718. The third kappa shape index (κ3) is 2.45. The van der Waals surface area contributed by atoms with Crippen LogP contribution in [0.15, 0.2) is 53.1 Å². The SMILES string of the molecule is CCNCc1coc2c(Cl)cc(-c3ccccc3)cc12. The molecule has 0 saturated carbocycles. The molecule has 0 radical (unpaired) electrons. The van der Waals surface area contributed by atoms with Gasteiger partial charge in [-0.2, -0.15) is 0 Å². The lowest BCUT2D eigenvalue weighted by molar-refractivity contribution is 0.604. The maximum absolute atomic E-state index is 6.35. The summed E-state index contributed by atoms with van der Waals surface area (Å²) < 4.78 is 5.60. The van der Waals surface area contributed by atoms with E-state index >= 15 is 0 Å². The van der Waals surface area contributed by atoms with Crippen LogP contribution in [0.3, 0.4) is 0 Å². The Hall–Kier alpha value is -1.77. The number of nitrogens with one attached hydrogen (secondary N) is 1. The van der Waals surface area contributed by atoms with Crippen LogP contribution in [0.4, 0.5) is 0 Å². The van der Waals surface area contributed by atoms with E-state index in [0.717, 1.165) is 40.7 Å². The summed E-state index contributed by atoms with van der Waals surface area (Å²) in [6.45, 7) is 3.81. The number of benzene rings is 2. The van der Waals surface area contributed by atoms with Crippen LogP contribution in [0.5, 0.6) is 0 Å². The Balaban J connectivity index is 2.11. The number of fused-ring (bicyclic) bond motifs is 1. The predicted octanol–water partition coefficient (Wildman–Crippen LogP) is 4.86. The van der Waals surface area contributed by atoms with Crippen LogP contribution in [-0.2, 0) is 6.54 Å². The first-order chi connectivity index (χ1) is 9.79. The molecule has 1 aromatic heterocycles. The fraction of sp³-hybridized carbons (Fsp3) is 0.176. The van der Waals surface area contributed by atoms with Gasteiger partial charge in [0.15, 0.2) is 5.58 Å². The van der Waals surface area contributed by atoms with Crippen molar-refractivity contribution in [1.82, 2.24) is 5.32 Å². The molecule has 0 amide bonds. The van der Waals surface area contributed by atoms with E-state index in [1.807, 2.05) is 24.3 Å². The number of furan rings is 1. The maximum atomic E-state index is 6.35. The van der Waals surface area contributed by atoms with Gasteiger partial charge in [-0.25, -0.2) is 0 Å². The number of rotatable bonds is 4. The van der Waals surface area contributed by atoms with Gasteiger partial charge in [-0.05, 0) is 29.8 Å². The molecule has 20 heavy (non-hydrogen) atoms. The average Bonchev–Trinajstić information content (AvgIpc) is 2.89. The van der Waals surface area contributed by atoms with Gasteiger partial charge in [-0.15, -0.1) is 0 Å². The zero-order valence-electron chi connectivity index (χ0n) is 11.3. The van der Waals surface area contributed by atoms with E-state index in [9.17, 15) is 0 Å². The van der Waals surface area contributed by atoms with Crippen molar-refractivity contribution in [1.29, 1.82) is 0 Å². The van der Waals surface area contributed by atoms with Crippen LogP contribution in [0.25, 0.3) is 22.1 Å². The summed E-state index contributed by atoms with van der Waals surface area (Å²) in [5, 5.41) is 5.06. The molecule has 3 heteroatoms. The van der Waals surface area contributed by atoms with Gasteiger partial charge in [-0.3, -0.25) is 0 Å². The maximum Gasteiger partial charge on any atom is 0.152 e. The van der Waals surface area contributed by atoms with Crippen LogP contribution in [-0.4, -0.2) is 6.54 Å². The topological polar surface area (TPSA) is 25.2 Å². The van der Waals surface area contributed by atoms with Crippen LogP contribution in [0, 0.1) is 0 Å². The predicted molar refractivity (Wildman–Crippen MR) is 84.0 cm³/mol. The van der Waals surface area contributed by atoms with Gasteiger partial charge in [0, 0.05) is 17.5 Å². The molecule has 102 valence electrons. The first-order valence-electron chi connectivity index (χ1n) is 6.75. The molecule has 1 heterocycles. The van der Waals surface area contributed by atoms with E-state index in [1.54, 1.807) is 6.26 Å². The van der Waals surface area contributed by atoms with Gasteiger partial charge in [-0.1, -0.05) is 48.9 Å². The molecule has 0 spiro atoms. The highest BCUT2D eigenvalue weighted by Gasteiger charge is 2.11. The average molecular weight is 286 g/mol. The summed E-state index contributed by atoms with van der Waals surface area (Å²) in [6, 6.07) is 14.3. The second kappa shape index (κ2) is 5.70. The number of hydrogen-bond acceptors (Lipinski definition) is 2. The molecule has 3 aromatic rings. The summed E-state index contributed by atoms with van der Waals surface area (Å²) in [7, 11) is 0. The molecule has 2 aromatic carbocycles. The monoisotopic (exact) mass is 285 g/mol. The Kier molecular flexibility index (Phi) is 3.77. The first kappa shape index (κ1) is 13.2. The Morgan fingerprint density at radius 2 is 1.90 bits per heavy atom. The van der Waals surface area contributed by atoms with Crippen LogP contribution in [0.2, 0.25) is 5.02 Å². The Morgan fingerprint density at radius 3 is 2.65 bits per heavy atom. The van der Waals surface area contributed by atoms with E-state index in [4.69, 9.17) is 16.0 Å². The Labute approximate surface area is 123 Å². The highest BCUT2D eigenvalue weighted by Crippen LogP contribution is 2.33. The first-order valence-corrected chi connectivity index (χ1v) is 7.13. The fourth-order valence-corrected chi connectivity index (χ4v) is 2.60. The molecule has 3 rings (SSSR count). The molecule has 0 aliphatic heterocycles. The second-order valence-corrected chi connectivity index (χ2v) is 5.15. The highest BCUT2D eigenvalue weighted by molar-refractivity contribution is 6.35. The smallest absolute Gasteiger partial charge is 0.152 e. The van der Waals surface area contributed by atoms with Gasteiger partial charge in [0.1, 0.15) is 0 Å². The number of halogens is 1. The third-order valence-corrected chi connectivity index (χ3v) is 3.66. The lowest BCUT2D eigenvalue weighted by Crippen LogP contribution is -2.11. The van der Waals surface area contributed by atoms with Crippen molar-refractivity contribution in [3.8, 4) is 11.1 Å². The van der Waals surface area contributed by atoms with Crippen molar-refractivity contribution in [2.45, 2.75) is 13.5 Å². The molecule has 2 nitrogen and oxygen atoms in total. The minimum absolute atomic E-state index is 0.657. The minimum Gasteiger partial charge on any atom is -0.462 e. The van der Waals surface area contributed by atoms with Gasteiger partial charge in [0.05, 0.1) is 11.3 Å². The third-order valence-electron chi connectivity index (χ3n) is 3.38. The van der Waals surface area contributed by atoms with E-state index in [1.165, 1.54) is 0 Å². The standard InChI is InChI=1S/C17H16ClNO/c1-2-19-10-14-11-20-17-15(14)8-13(9-16(17)18)12-6-4-3-5-7-12/h3-9,11,19H,2,10H2,1H3. The van der Waals surface area contributed by atoms with Crippen LogP contribution in [0.1, 0.15) is 12.5 Å².